The van der Waals surface area contributed by atoms with Gasteiger partial charge in [0.25, 0.3) is 5.91 Å². The van der Waals surface area contributed by atoms with Crippen molar-refractivity contribution in [1.82, 2.24) is 9.88 Å². The first-order chi connectivity index (χ1) is 12.2. The number of rotatable bonds is 3. The van der Waals surface area contributed by atoms with Crippen molar-refractivity contribution < 1.29 is 4.79 Å². The van der Waals surface area contributed by atoms with Gasteiger partial charge in [0, 0.05) is 18.5 Å². The summed E-state index contributed by atoms with van der Waals surface area (Å²) in [6, 6.07) is 13.5. The summed E-state index contributed by atoms with van der Waals surface area (Å²) in [6.45, 7) is 2.11. The summed E-state index contributed by atoms with van der Waals surface area (Å²) >= 11 is 7.54. The normalized spacial score (nSPS) is 17.4. The maximum atomic E-state index is 13.1. The van der Waals surface area contributed by atoms with Crippen LogP contribution in [0.3, 0.4) is 0 Å². The van der Waals surface area contributed by atoms with Crippen LogP contribution in [0, 0.1) is 5.92 Å². The molecule has 128 valence electrons. The number of hydrogen-bond acceptors (Lipinski definition) is 4. The third-order valence-electron chi connectivity index (χ3n) is 4.68. The Balaban J connectivity index is 1.80. The van der Waals surface area contributed by atoms with Crippen LogP contribution >= 0.6 is 22.9 Å². The Hall–Kier alpha value is -1.95. The molecule has 0 radical (unpaired) electrons. The molecule has 0 saturated carbocycles. The van der Waals surface area contributed by atoms with E-state index in [9.17, 15) is 4.79 Å². The molecule has 2 N–H and O–H groups in total. The fourth-order valence-electron chi connectivity index (χ4n) is 3.31. The lowest BCUT2D eigenvalue weighted by atomic mass is 10.1. The van der Waals surface area contributed by atoms with Crippen LogP contribution in [-0.2, 0) is 0 Å². The van der Waals surface area contributed by atoms with Gasteiger partial charge >= 0.3 is 0 Å². The van der Waals surface area contributed by atoms with E-state index in [1.165, 1.54) is 11.3 Å². The minimum atomic E-state index is 0.0541. The number of halogens is 1. The largest absolute Gasteiger partial charge is 0.338 e. The van der Waals surface area contributed by atoms with Gasteiger partial charge in [-0.2, -0.15) is 0 Å². The molecule has 1 amide bonds. The van der Waals surface area contributed by atoms with Crippen molar-refractivity contribution >= 4 is 39.7 Å². The summed E-state index contributed by atoms with van der Waals surface area (Å²) in [5, 5.41) is 0.884. The van der Waals surface area contributed by atoms with Gasteiger partial charge in [-0.15, -0.1) is 11.3 Å². The maximum absolute atomic E-state index is 13.1. The second kappa shape index (κ2) is 6.75. The van der Waals surface area contributed by atoms with Crippen LogP contribution in [0.15, 0.2) is 42.5 Å². The zero-order valence-electron chi connectivity index (χ0n) is 13.6. The van der Waals surface area contributed by atoms with Gasteiger partial charge in [0.2, 0.25) is 0 Å². The van der Waals surface area contributed by atoms with Gasteiger partial charge in [-0.1, -0.05) is 29.8 Å². The van der Waals surface area contributed by atoms with Gasteiger partial charge in [0.15, 0.2) is 0 Å². The number of pyridine rings is 1. The van der Waals surface area contributed by atoms with E-state index in [4.69, 9.17) is 22.3 Å². The molecular formula is C19H18ClN3OS. The average molecular weight is 372 g/mol. The van der Waals surface area contributed by atoms with E-state index in [-0.39, 0.29) is 5.91 Å². The summed E-state index contributed by atoms with van der Waals surface area (Å²) < 4.78 is 0.711. The number of likely N-dealkylation sites (tertiary alicyclic amines) is 1. The van der Waals surface area contributed by atoms with Crippen LogP contribution in [0.1, 0.15) is 16.8 Å². The number of aromatic nitrogens is 1. The zero-order valence-corrected chi connectivity index (χ0v) is 15.2. The van der Waals surface area contributed by atoms with E-state index in [1.807, 2.05) is 47.4 Å². The molecule has 0 spiro atoms. The molecule has 1 aliphatic heterocycles. The van der Waals surface area contributed by atoms with Crippen molar-refractivity contribution in [2.45, 2.75) is 6.42 Å². The van der Waals surface area contributed by atoms with Gasteiger partial charge < -0.3 is 10.6 Å². The summed E-state index contributed by atoms with van der Waals surface area (Å²) in [6.07, 6.45) is 0.971. The molecule has 0 bridgehead atoms. The highest BCUT2D eigenvalue weighted by molar-refractivity contribution is 7.19. The molecule has 1 atom stereocenters. The highest BCUT2D eigenvalue weighted by Gasteiger charge is 2.27. The summed E-state index contributed by atoms with van der Waals surface area (Å²) in [4.78, 5) is 20.7. The smallest absolute Gasteiger partial charge is 0.254 e. The number of thiophene rings is 1. The molecule has 2 aromatic heterocycles. The average Bonchev–Trinajstić information content (AvgIpc) is 3.29. The van der Waals surface area contributed by atoms with Gasteiger partial charge in [-0.05, 0) is 43.1 Å². The minimum Gasteiger partial charge on any atom is -0.338 e. The fourth-order valence-corrected chi connectivity index (χ4v) is 4.31. The summed E-state index contributed by atoms with van der Waals surface area (Å²) in [7, 11) is 0. The first-order valence-electron chi connectivity index (χ1n) is 8.30. The van der Waals surface area contributed by atoms with Crippen LogP contribution in [-0.4, -0.2) is 35.4 Å². The van der Waals surface area contributed by atoms with Crippen molar-refractivity contribution in [2.75, 3.05) is 19.6 Å². The molecule has 4 nitrogen and oxygen atoms in total. The van der Waals surface area contributed by atoms with Crippen molar-refractivity contribution in [1.29, 1.82) is 0 Å². The van der Waals surface area contributed by atoms with Crippen LogP contribution in [0.5, 0.6) is 0 Å². The fraction of sp³-hybridized carbons (Fsp3) is 0.263. The molecule has 1 fully saturated rings. The Kier molecular flexibility index (Phi) is 4.46. The van der Waals surface area contributed by atoms with Gasteiger partial charge in [-0.3, -0.25) is 4.79 Å². The lowest BCUT2D eigenvalue weighted by molar-refractivity contribution is 0.0789. The van der Waals surface area contributed by atoms with E-state index >= 15 is 0 Å². The molecule has 1 aliphatic rings. The van der Waals surface area contributed by atoms with Crippen LogP contribution in [0.25, 0.3) is 21.5 Å². The third kappa shape index (κ3) is 3.15. The maximum Gasteiger partial charge on any atom is 0.254 e. The Morgan fingerprint density at radius 2 is 2.16 bits per heavy atom. The van der Waals surface area contributed by atoms with Crippen LogP contribution in [0.2, 0.25) is 4.34 Å². The number of nitrogens with two attached hydrogens (primary N) is 1. The second-order valence-electron chi connectivity index (χ2n) is 6.32. The first kappa shape index (κ1) is 16.5. The van der Waals surface area contributed by atoms with E-state index in [0.717, 1.165) is 41.0 Å². The van der Waals surface area contributed by atoms with E-state index in [2.05, 4.69) is 0 Å². The second-order valence-corrected chi connectivity index (χ2v) is 8.03. The highest BCUT2D eigenvalue weighted by atomic mass is 35.5. The third-order valence-corrected chi connectivity index (χ3v) is 5.93. The van der Waals surface area contributed by atoms with E-state index in [0.29, 0.717) is 22.4 Å². The van der Waals surface area contributed by atoms with Crippen molar-refractivity contribution in [3.63, 3.8) is 0 Å². The molecule has 25 heavy (non-hydrogen) atoms. The topological polar surface area (TPSA) is 59.2 Å². The number of amides is 1. The van der Waals surface area contributed by atoms with Crippen molar-refractivity contribution in [3.8, 4) is 10.6 Å². The zero-order chi connectivity index (χ0) is 17.4. The van der Waals surface area contributed by atoms with Crippen molar-refractivity contribution in [2.24, 2.45) is 11.7 Å². The Labute approximate surface area is 155 Å². The molecule has 1 unspecified atom stereocenters. The van der Waals surface area contributed by atoms with Crippen molar-refractivity contribution in [3.05, 3.63) is 52.4 Å². The van der Waals surface area contributed by atoms with Gasteiger partial charge in [0.1, 0.15) is 0 Å². The lowest BCUT2D eigenvalue weighted by Gasteiger charge is -2.18. The number of nitrogens with zero attached hydrogens (tertiary/aromatic N) is 2. The summed E-state index contributed by atoms with van der Waals surface area (Å²) in [5.74, 6) is 0.450. The SMILES string of the molecule is NCC1CCN(C(=O)c2cc(-c3ccc(Cl)s3)nc3ccccc23)C1. The minimum absolute atomic E-state index is 0.0541. The lowest BCUT2D eigenvalue weighted by Crippen LogP contribution is -2.30. The number of fused-ring (bicyclic) bond motifs is 1. The quantitative estimate of drug-likeness (QED) is 0.755. The number of para-hydroxylation sites is 1. The highest BCUT2D eigenvalue weighted by Crippen LogP contribution is 2.33. The molecule has 3 heterocycles. The van der Waals surface area contributed by atoms with Gasteiger partial charge in [0.05, 0.1) is 26.0 Å². The molecular weight excluding hydrogens is 354 g/mol. The Bertz CT molecular complexity index is 939. The molecule has 1 saturated heterocycles. The molecule has 0 aliphatic carbocycles. The molecule has 6 heteroatoms. The Morgan fingerprint density at radius 1 is 1.32 bits per heavy atom. The first-order valence-corrected chi connectivity index (χ1v) is 9.50. The summed E-state index contributed by atoms with van der Waals surface area (Å²) in [5.41, 5.74) is 8.07. The number of hydrogen-bond donors (Lipinski definition) is 1. The number of carbonyl (C=O) groups is 1. The monoisotopic (exact) mass is 371 g/mol. The molecule has 3 aromatic rings. The Morgan fingerprint density at radius 3 is 2.88 bits per heavy atom. The van der Waals surface area contributed by atoms with Crippen LogP contribution < -0.4 is 5.73 Å². The van der Waals surface area contributed by atoms with E-state index in [1.54, 1.807) is 0 Å². The van der Waals surface area contributed by atoms with Crippen LogP contribution in [0.4, 0.5) is 0 Å². The molecule has 4 rings (SSSR count). The predicted molar refractivity (Wildman–Crippen MR) is 103 cm³/mol. The standard InChI is InChI=1S/C19H18ClN3OS/c20-18-6-5-17(25-18)16-9-14(13-3-1-2-4-15(13)22-16)19(24)23-8-7-12(10-21)11-23/h1-6,9,12H,7-8,10-11,21H2. The van der Waals surface area contributed by atoms with Gasteiger partial charge in [-0.25, -0.2) is 4.98 Å². The molecule has 1 aromatic carbocycles. The predicted octanol–water partition coefficient (Wildman–Crippen LogP) is 4.04. The van der Waals surface area contributed by atoms with E-state index < -0.39 is 0 Å². The number of carbonyl (C=O) groups excluding carboxylic acids is 1. The number of benzene rings is 1.